The third-order valence-electron chi connectivity index (χ3n) is 4.14. The minimum atomic E-state index is 0.228. The number of benzene rings is 1. The highest BCUT2D eigenvalue weighted by molar-refractivity contribution is 7.80. The SMILES string of the molecule is SCC1(Cn2ccnc2-c2ccccc2)CCOCC1. The highest BCUT2D eigenvalue weighted by atomic mass is 32.1. The molecule has 106 valence electrons. The van der Waals surface area contributed by atoms with Crippen LogP contribution in [0.1, 0.15) is 12.8 Å². The Labute approximate surface area is 125 Å². The zero-order valence-electron chi connectivity index (χ0n) is 11.5. The molecule has 4 heteroatoms. The molecule has 0 atom stereocenters. The fourth-order valence-corrected chi connectivity index (χ4v) is 3.23. The van der Waals surface area contributed by atoms with Gasteiger partial charge in [0.25, 0.3) is 0 Å². The number of thiol groups is 1. The van der Waals surface area contributed by atoms with Crippen molar-refractivity contribution in [3.8, 4) is 11.4 Å². The second kappa shape index (κ2) is 6.02. The monoisotopic (exact) mass is 288 g/mol. The van der Waals surface area contributed by atoms with Crippen LogP contribution in [-0.4, -0.2) is 28.5 Å². The number of rotatable bonds is 4. The molecule has 1 aromatic carbocycles. The van der Waals surface area contributed by atoms with Gasteiger partial charge in [-0.05, 0) is 18.6 Å². The second-order valence-electron chi connectivity index (χ2n) is 5.52. The van der Waals surface area contributed by atoms with E-state index in [0.717, 1.165) is 44.2 Å². The Morgan fingerprint density at radius 1 is 1.20 bits per heavy atom. The Hall–Kier alpha value is -1.26. The molecule has 3 rings (SSSR count). The summed E-state index contributed by atoms with van der Waals surface area (Å²) >= 11 is 4.59. The van der Waals surface area contributed by atoms with Gasteiger partial charge in [-0.15, -0.1) is 0 Å². The van der Waals surface area contributed by atoms with E-state index >= 15 is 0 Å². The van der Waals surface area contributed by atoms with Gasteiger partial charge >= 0.3 is 0 Å². The quantitative estimate of drug-likeness (QED) is 0.874. The smallest absolute Gasteiger partial charge is 0.139 e. The van der Waals surface area contributed by atoms with Crippen molar-refractivity contribution in [1.29, 1.82) is 0 Å². The van der Waals surface area contributed by atoms with Crippen LogP contribution in [0.2, 0.25) is 0 Å². The highest BCUT2D eigenvalue weighted by Gasteiger charge is 2.32. The molecule has 0 aliphatic carbocycles. The third kappa shape index (κ3) is 2.76. The van der Waals surface area contributed by atoms with E-state index in [-0.39, 0.29) is 5.41 Å². The molecule has 0 N–H and O–H groups in total. The van der Waals surface area contributed by atoms with E-state index in [4.69, 9.17) is 4.74 Å². The molecule has 2 aromatic rings. The van der Waals surface area contributed by atoms with Crippen LogP contribution in [0.3, 0.4) is 0 Å². The van der Waals surface area contributed by atoms with Crippen molar-refractivity contribution < 1.29 is 4.74 Å². The van der Waals surface area contributed by atoms with Crippen molar-refractivity contribution >= 4 is 12.6 Å². The largest absolute Gasteiger partial charge is 0.381 e. The van der Waals surface area contributed by atoms with Crippen LogP contribution < -0.4 is 0 Å². The maximum absolute atomic E-state index is 5.50. The van der Waals surface area contributed by atoms with E-state index in [9.17, 15) is 0 Å². The predicted octanol–water partition coefficient (Wildman–Crippen LogP) is 3.28. The van der Waals surface area contributed by atoms with Gasteiger partial charge in [-0.1, -0.05) is 30.3 Å². The predicted molar refractivity (Wildman–Crippen MR) is 84.0 cm³/mol. The maximum Gasteiger partial charge on any atom is 0.139 e. The van der Waals surface area contributed by atoms with Gasteiger partial charge in [0.15, 0.2) is 0 Å². The molecule has 0 spiro atoms. The highest BCUT2D eigenvalue weighted by Crippen LogP contribution is 2.34. The Morgan fingerprint density at radius 3 is 2.65 bits per heavy atom. The first-order valence-electron chi connectivity index (χ1n) is 7.08. The van der Waals surface area contributed by atoms with Crippen LogP contribution in [-0.2, 0) is 11.3 Å². The van der Waals surface area contributed by atoms with E-state index in [1.54, 1.807) is 0 Å². The summed E-state index contributed by atoms with van der Waals surface area (Å²) in [6.45, 7) is 2.65. The summed E-state index contributed by atoms with van der Waals surface area (Å²) in [5.74, 6) is 1.93. The molecule has 0 bridgehead atoms. The van der Waals surface area contributed by atoms with Crippen LogP contribution >= 0.6 is 12.6 Å². The Kier molecular flexibility index (Phi) is 4.13. The zero-order valence-corrected chi connectivity index (χ0v) is 12.4. The lowest BCUT2D eigenvalue weighted by molar-refractivity contribution is 0.0184. The van der Waals surface area contributed by atoms with Gasteiger partial charge < -0.3 is 9.30 Å². The van der Waals surface area contributed by atoms with Gasteiger partial charge in [0.1, 0.15) is 5.82 Å². The van der Waals surface area contributed by atoms with E-state index in [0.29, 0.717) is 0 Å². The number of hydrogen-bond acceptors (Lipinski definition) is 3. The number of imidazole rings is 1. The molecule has 1 fully saturated rings. The fourth-order valence-electron chi connectivity index (χ4n) is 2.82. The van der Waals surface area contributed by atoms with Crippen LogP contribution in [0.5, 0.6) is 0 Å². The summed E-state index contributed by atoms with van der Waals surface area (Å²) < 4.78 is 7.76. The Morgan fingerprint density at radius 2 is 1.95 bits per heavy atom. The number of nitrogens with zero attached hydrogens (tertiary/aromatic N) is 2. The first-order valence-corrected chi connectivity index (χ1v) is 7.71. The minimum absolute atomic E-state index is 0.228. The summed E-state index contributed by atoms with van der Waals surface area (Å²) in [4.78, 5) is 4.52. The van der Waals surface area contributed by atoms with E-state index < -0.39 is 0 Å². The third-order valence-corrected chi connectivity index (χ3v) is 4.81. The molecule has 0 amide bonds. The molecular formula is C16H20N2OS. The second-order valence-corrected chi connectivity index (χ2v) is 5.83. The summed E-state index contributed by atoms with van der Waals surface area (Å²) in [6.07, 6.45) is 6.10. The fraction of sp³-hybridized carbons (Fsp3) is 0.438. The summed E-state index contributed by atoms with van der Waals surface area (Å²) in [7, 11) is 0. The van der Waals surface area contributed by atoms with E-state index in [2.05, 4.69) is 52.6 Å². The normalized spacial score (nSPS) is 18.1. The molecule has 0 saturated carbocycles. The van der Waals surface area contributed by atoms with Gasteiger partial charge in [-0.25, -0.2) is 4.98 Å². The minimum Gasteiger partial charge on any atom is -0.381 e. The number of hydrogen-bond donors (Lipinski definition) is 1. The first kappa shape index (κ1) is 13.7. The lowest BCUT2D eigenvalue weighted by atomic mass is 9.82. The van der Waals surface area contributed by atoms with Crippen LogP contribution in [0, 0.1) is 5.41 Å². The average molecular weight is 288 g/mol. The van der Waals surface area contributed by atoms with Gasteiger partial charge in [0.05, 0.1) is 0 Å². The molecule has 1 aliphatic heterocycles. The van der Waals surface area contributed by atoms with Crippen molar-refractivity contribution in [2.24, 2.45) is 5.41 Å². The van der Waals surface area contributed by atoms with Gasteiger partial charge in [-0.2, -0.15) is 12.6 Å². The Balaban J connectivity index is 1.86. The molecule has 1 aromatic heterocycles. The van der Waals surface area contributed by atoms with Crippen LogP contribution in [0.25, 0.3) is 11.4 Å². The zero-order chi connectivity index (χ0) is 13.8. The summed E-state index contributed by atoms with van der Waals surface area (Å²) in [6, 6.07) is 10.4. The van der Waals surface area contributed by atoms with E-state index in [1.807, 2.05) is 12.3 Å². The lowest BCUT2D eigenvalue weighted by Crippen LogP contribution is -2.35. The molecule has 1 aliphatic rings. The standard InChI is InChI=1S/C16H20N2OS/c20-13-16(6-10-19-11-7-16)12-18-9-8-17-15(18)14-4-2-1-3-5-14/h1-5,8-9,20H,6-7,10-13H2. The topological polar surface area (TPSA) is 27.1 Å². The molecule has 1 saturated heterocycles. The van der Waals surface area contributed by atoms with Gasteiger partial charge in [-0.3, -0.25) is 0 Å². The molecular weight excluding hydrogens is 268 g/mol. The number of ether oxygens (including phenoxy) is 1. The molecule has 2 heterocycles. The summed E-state index contributed by atoms with van der Waals surface area (Å²) in [5.41, 5.74) is 1.39. The number of aromatic nitrogens is 2. The molecule has 0 radical (unpaired) electrons. The van der Waals surface area contributed by atoms with Gasteiger partial charge in [0.2, 0.25) is 0 Å². The lowest BCUT2D eigenvalue weighted by Gasteiger charge is -2.36. The van der Waals surface area contributed by atoms with Crippen LogP contribution in [0.4, 0.5) is 0 Å². The molecule has 3 nitrogen and oxygen atoms in total. The van der Waals surface area contributed by atoms with Crippen molar-refractivity contribution in [3.63, 3.8) is 0 Å². The first-order chi connectivity index (χ1) is 9.83. The molecule has 20 heavy (non-hydrogen) atoms. The van der Waals surface area contributed by atoms with E-state index in [1.165, 1.54) is 5.56 Å². The Bertz CT molecular complexity index is 547. The van der Waals surface area contributed by atoms with Crippen molar-refractivity contribution in [2.75, 3.05) is 19.0 Å². The van der Waals surface area contributed by atoms with Crippen molar-refractivity contribution in [3.05, 3.63) is 42.7 Å². The van der Waals surface area contributed by atoms with Crippen molar-refractivity contribution in [1.82, 2.24) is 9.55 Å². The molecule has 0 unspecified atom stereocenters. The maximum atomic E-state index is 5.50. The van der Waals surface area contributed by atoms with Crippen LogP contribution in [0.15, 0.2) is 42.7 Å². The average Bonchev–Trinajstić information content (AvgIpc) is 2.97. The van der Waals surface area contributed by atoms with Gasteiger partial charge in [0, 0.05) is 43.1 Å². The summed E-state index contributed by atoms with van der Waals surface area (Å²) in [5, 5.41) is 0. The van der Waals surface area contributed by atoms with Crippen molar-refractivity contribution in [2.45, 2.75) is 19.4 Å².